The maximum atomic E-state index is 12.5. The number of carbonyl (C=O) groups excluding carboxylic acids is 1. The van der Waals surface area contributed by atoms with Gasteiger partial charge in [0.1, 0.15) is 5.75 Å². The molecule has 1 atom stereocenters. The molecule has 3 rings (SSSR count). The standard InChI is InChI=1S/C18H23N3O4/c1-12-9-13(2)21(19-12)8-7-20(4)18(22)14(3)25-15-5-6-16-17(10-15)24-11-23-16/h5-6,9-10,14H,7-8,11H2,1-4H3/t14-/m0/s1. The van der Waals surface area contributed by atoms with Gasteiger partial charge in [-0.15, -0.1) is 0 Å². The predicted octanol–water partition coefficient (Wildman–Crippen LogP) is 2.15. The summed E-state index contributed by atoms with van der Waals surface area (Å²) in [6.45, 7) is 7.14. The van der Waals surface area contributed by atoms with E-state index in [0.29, 0.717) is 30.3 Å². The van der Waals surface area contributed by atoms with Gasteiger partial charge in [-0.2, -0.15) is 5.10 Å². The van der Waals surface area contributed by atoms with Crippen molar-refractivity contribution in [1.29, 1.82) is 0 Å². The second-order valence-corrected chi connectivity index (χ2v) is 6.19. The topological polar surface area (TPSA) is 65.8 Å². The fourth-order valence-corrected chi connectivity index (χ4v) is 2.77. The average molecular weight is 345 g/mol. The van der Waals surface area contributed by atoms with E-state index in [0.717, 1.165) is 11.4 Å². The number of fused-ring (bicyclic) bond motifs is 1. The lowest BCUT2D eigenvalue weighted by atomic mass is 10.3. The zero-order valence-corrected chi connectivity index (χ0v) is 15.0. The summed E-state index contributed by atoms with van der Waals surface area (Å²) in [6.07, 6.45) is -0.592. The van der Waals surface area contributed by atoms with Crippen molar-refractivity contribution in [3.8, 4) is 17.2 Å². The van der Waals surface area contributed by atoms with Gasteiger partial charge >= 0.3 is 0 Å². The zero-order chi connectivity index (χ0) is 18.0. The molecule has 0 saturated heterocycles. The van der Waals surface area contributed by atoms with Crippen molar-refractivity contribution >= 4 is 5.91 Å². The predicted molar refractivity (Wildman–Crippen MR) is 92.0 cm³/mol. The van der Waals surface area contributed by atoms with Crippen molar-refractivity contribution < 1.29 is 19.0 Å². The lowest BCUT2D eigenvalue weighted by Gasteiger charge is -2.22. The molecule has 1 aromatic heterocycles. The summed E-state index contributed by atoms with van der Waals surface area (Å²) in [5.74, 6) is 1.82. The molecule has 7 heteroatoms. The fourth-order valence-electron chi connectivity index (χ4n) is 2.77. The van der Waals surface area contributed by atoms with Gasteiger partial charge in [0.05, 0.1) is 12.2 Å². The smallest absolute Gasteiger partial charge is 0.263 e. The van der Waals surface area contributed by atoms with Gasteiger partial charge in [0, 0.05) is 25.4 Å². The highest BCUT2D eigenvalue weighted by molar-refractivity contribution is 5.80. The Hall–Kier alpha value is -2.70. The molecular weight excluding hydrogens is 322 g/mol. The van der Waals surface area contributed by atoms with Gasteiger partial charge in [-0.25, -0.2) is 0 Å². The largest absolute Gasteiger partial charge is 0.481 e. The Morgan fingerprint density at radius 2 is 2.08 bits per heavy atom. The van der Waals surface area contributed by atoms with E-state index in [1.165, 1.54) is 0 Å². The third-order valence-corrected chi connectivity index (χ3v) is 4.13. The Kier molecular flexibility index (Phi) is 4.83. The summed E-state index contributed by atoms with van der Waals surface area (Å²) in [7, 11) is 1.77. The minimum Gasteiger partial charge on any atom is -0.481 e. The SMILES string of the molecule is Cc1cc(C)n(CCN(C)C(=O)[C@H](C)Oc2ccc3c(c2)OCO3)n1. The molecule has 1 aliphatic heterocycles. The van der Waals surface area contributed by atoms with Crippen LogP contribution in [0.4, 0.5) is 0 Å². The molecule has 0 aliphatic carbocycles. The van der Waals surface area contributed by atoms with Gasteiger partial charge in [-0.1, -0.05) is 0 Å². The van der Waals surface area contributed by atoms with Gasteiger partial charge in [-0.3, -0.25) is 9.48 Å². The molecule has 0 radical (unpaired) electrons. The van der Waals surface area contributed by atoms with Crippen molar-refractivity contribution in [1.82, 2.24) is 14.7 Å². The van der Waals surface area contributed by atoms with Crippen LogP contribution in [0.5, 0.6) is 17.2 Å². The molecular formula is C18H23N3O4. The Balaban J connectivity index is 1.55. The number of ether oxygens (including phenoxy) is 3. The summed E-state index contributed by atoms with van der Waals surface area (Å²) in [4.78, 5) is 14.2. The molecule has 0 unspecified atom stereocenters. The number of aromatic nitrogens is 2. The Bertz CT molecular complexity index is 772. The first-order valence-corrected chi connectivity index (χ1v) is 8.26. The van der Waals surface area contributed by atoms with E-state index in [4.69, 9.17) is 14.2 Å². The normalized spacial score (nSPS) is 13.6. The highest BCUT2D eigenvalue weighted by Gasteiger charge is 2.21. The van der Waals surface area contributed by atoms with E-state index >= 15 is 0 Å². The van der Waals surface area contributed by atoms with Gasteiger partial charge < -0.3 is 19.1 Å². The van der Waals surface area contributed by atoms with E-state index in [9.17, 15) is 4.79 Å². The van der Waals surface area contributed by atoms with Crippen LogP contribution in [0.25, 0.3) is 0 Å². The number of amides is 1. The molecule has 1 aliphatic rings. The van der Waals surface area contributed by atoms with Crippen LogP contribution in [0.3, 0.4) is 0 Å². The first-order chi connectivity index (χ1) is 11.9. The van der Waals surface area contributed by atoms with Crippen molar-refractivity contribution in [2.75, 3.05) is 20.4 Å². The van der Waals surface area contributed by atoms with Crippen LogP contribution >= 0.6 is 0 Å². The van der Waals surface area contributed by atoms with Crippen LogP contribution in [-0.4, -0.2) is 47.1 Å². The lowest BCUT2D eigenvalue weighted by Crippen LogP contribution is -2.39. The number of aryl methyl sites for hydroxylation is 2. The molecule has 134 valence electrons. The summed E-state index contributed by atoms with van der Waals surface area (Å²) in [5.41, 5.74) is 2.06. The van der Waals surface area contributed by atoms with Gasteiger partial charge in [0.2, 0.25) is 6.79 Å². The minimum absolute atomic E-state index is 0.0841. The number of hydrogen-bond acceptors (Lipinski definition) is 5. The van der Waals surface area contributed by atoms with Crippen LogP contribution in [0.1, 0.15) is 18.3 Å². The molecule has 7 nitrogen and oxygen atoms in total. The number of nitrogens with zero attached hydrogens (tertiary/aromatic N) is 3. The molecule has 0 bridgehead atoms. The quantitative estimate of drug-likeness (QED) is 0.803. The Morgan fingerprint density at radius 3 is 2.80 bits per heavy atom. The van der Waals surface area contributed by atoms with Crippen molar-refractivity contribution in [2.24, 2.45) is 0 Å². The van der Waals surface area contributed by atoms with Crippen molar-refractivity contribution in [2.45, 2.75) is 33.4 Å². The highest BCUT2D eigenvalue weighted by Crippen LogP contribution is 2.35. The molecule has 2 heterocycles. The number of likely N-dealkylation sites (N-methyl/N-ethyl adjacent to an activating group) is 1. The zero-order valence-electron chi connectivity index (χ0n) is 15.0. The van der Waals surface area contributed by atoms with E-state index in [-0.39, 0.29) is 12.7 Å². The van der Waals surface area contributed by atoms with Crippen LogP contribution in [0, 0.1) is 13.8 Å². The molecule has 1 aromatic carbocycles. The van der Waals surface area contributed by atoms with Crippen molar-refractivity contribution in [3.05, 3.63) is 35.7 Å². The van der Waals surface area contributed by atoms with Gasteiger partial charge in [0.15, 0.2) is 17.6 Å². The van der Waals surface area contributed by atoms with E-state index in [2.05, 4.69) is 5.10 Å². The van der Waals surface area contributed by atoms with E-state index in [1.54, 1.807) is 37.1 Å². The molecule has 2 aromatic rings. The summed E-state index contributed by atoms with van der Waals surface area (Å²) >= 11 is 0. The number of carbonyl (C=O) groups is 1. The van der Waals surface area contributed by atoms with Crippen LogP contribution < -0.4 is 14.2 Å². The third kappa shape index (κ3) is 3.87. The second kappa shape index (κ2) is 7.04. The average Bonchev–Trinajstić information content (AvgIpc) is 3.17. The summed E-state index contributed by atoms with van der Waals surface area (Å²) in [6, 6.07) is 7.31. The third-order valence-electron chi connectivity index (χ3n) is 4.13. The van der Waals surface area contributed by atoms with Crippen LogP contribution in [0.15, 0.2) is 24.3 Å². The van der Waals surface area contributed by atoms with Gasteiger partial charge in [-0.05, 0) is 39.0 Å². The Labute approximate surface area is 147 Å². The highest BCUT2D eigenvalue weighted by atomic mass is 16.7. The fraction of sp³-hybridized carbons (Fsp3) is 0.444. The molecule has 0 N–H and O–H groups in total. The van der Waals surface area contributed by atoms with E-state index < -0.39 is 6.10 Å². The van der Waals surface area contributed by atoms with Crippen molar-refractivity contribution in [3.63, 3.8) is 0 Å². The van der Waals surface area contributed by atoms with E-state index in [1.807, 2.05) is 24.6 Å². The second-order valence-electron chi connectivity index (χ2n) is 6.19. The molecule has 0 saturated carbocycles. The maximum absolute atomic E-state index is 12.5. The first-order valence-electron chi connectivity index (χ1n) is 8.26. The lowest BCUT2D eigenvalue weighted by molar-refractivity contribution is -0.136. The molecule has 0 fully saturated rings. The number of hydrogen-bond donors (Lipinski definition) is 0. The number of rotatable bonds is 6. The first kappa shape index (κ1) is 17.1. The summed E-state index contributed by atoms with van der Waals surface area (Å²) in [5, 5.41) is 4.41. The summed E-state index contributed by atoms with van der Waals surface area (Å²) < 4.78 is 18.2. The Morgan fingerprint density at radius 1 is 1.32 bits per heavy atom. The molecule has 1 amide bonds. The maximum Gasteiger partial charge on any atom is 0.263 e. The monoisotopic (exact) mass is 345 g/mol. The molecule has 0 spiro atoms. The van der Waals surface area contributed by atoms with Crippen LogP contribution in [-0.2, 0) is 11.3 Å². The minimum atomic E-state index is -0.592. The number of benzene rings is 1. The van der Waals surface area contributed by atoms with Gasteiger partial charge in [0.25, 0.3) is 5.91 Å². The molecule has 25 heavy (non-hydrogen) atoms. The van der Waals surface area contributed by atoms with Crippen LogP contribution in [0.2, 0.25) is 0 Å².